The number of piperazine rings is 1. The molecule has 0 aliphatic carbocycles. The molecule has 0 saturated carbocycles. The Hall–Kier alpha value is -1.35. The number of benzene rings is 1. The predicted molar refractivity (Wildman–Crippen MR) is 73.1 cm³/mol. The Labute approximate surface area is 109 Å². The van der Waals surface area contributed by atoms with E-state index < -0.39 is 0 Å². The minimum Gasteiger partial charge on any atom is -0.335 e. The second-order valence-electron chi connectivity index (χ2n) is 5.49. The molecular formula is C15H22N2O. The van der Waals surface area contributed by atoms with Crippen LogP contribution in [0.15, 0.2) is 30.3 Å². The van der Waals surface area contributed by atoms with Crippen LogP contribution in [0, 0.1) is 5.92 Å². The normalized spacial score (nSPS) is 24.7. The summed E-state index contributed by atoms with van der Waals surface area (Å²) >= 11 is 0. The molecule has 1 aromatic carbocycles. The topological polar surface area (TPSA) is 32.3 Å². The Kier molecular flexibility index (Phi) is 4.02. The lowest BCUT2D eigenvalue weighted by Crippen LogP contribution is -2.60. The third-order valence-corrected chi connectivity index (χ3v) is 3.42. The maximum absolute atomic E-state index is 12.4. The largest absolute Gasteiger partial charge is 0.335 e. The maximum Gasteiger partial charge on any atom is 0.240 e. The summed E-state index contributed by atoms with van der Waals surface area (Å²) < 4.78 is 0. The molecule has 1 fully saturated rings. The molecule has 0 aromatic heterocycles. The first-order valence-corrected chi connectivity index (χ1v) is 6.66. The van der Waals surface area contributed by atoms with E-state index in [0.29, 0.717) is 12.0 Å². The van der Waals surface area contributed by atoms with Crippen LogP contribution in [0.1, 0.15) is 26.3 Å². The van der Waals surface area contributed by atoms with Crippen LogP contribution in [-0.2, 0) is 11.3 Å². The number of amides is 1. The van der Waals surface area contributed by atoms with Gasteiger partial charge in [-0.1, -0.05) is 44.2 Å². The second kappa shape index (κ2) is 5.53. The van der Waals surface area contributed by atoms with Crippen LogP contribution in [0.25, 0.3) is 0 Å². The minimum atomic E-state index is -0.0440. The van der Waals surface area contributed by atoms with Gasteiger partial charge in [0, 0.05) is 19.1 Å². The summed E-state index contributed by atoms with van der Waals surface area (Å²) in [5.74, 6) is 0.561. The van der Waals surface area contributed by atoms with E-state index in [4.69, 9.17) is 0 Å². The van der Waals surface area contributed by atoms with Gasteiger partial charge in [0.2, 0.25) is 5.91 Å². The average molecular weight is 246 g/mol. The second-order valence-corrected chi connectivity index (χ2v) is 5.49. The summed E-state index contributed by atoms with van der Waals surface area (Å²) in [6.07, 6.45) is 0. The van der Waals surface area contributed by atoms with E-state index in [2.05, 4.69) is 38.2 Å². The summed E-state index contributed by atoms with van der Waals surface area (Å²) in [4.78, 5) is 14.4. The molecule has 1 aromatic rings. The fraction of sp³-hybridized carbons (Fsp3) is 0.533. The zero-order valence-electron chi connectivity index (χ0n) is 11.4. The molecule has 1 saturated heterocycles. The number of nitrogens with one attached hydrogen (secondary N) is 1. The Balaban J connectivity index is 2.09. The fourth-order valence-corrected chi connectivity index (χ4v) is 2.47. The molecule has 1 heterocycles. The van der Waals surface area contributed by atoms with E-state index >= 15 is 0 Å². The summed E-state index contributed by atoms with van der Waals surface area (Å²) in [5, 5.41) is 3.39. The van der Waals surface area contributed by atoms with Crippen molar-refractivity contribution in [2.24, 2.45) is 5.92 Å². The average Bonchev–Trinajstić information content (AvgIpc) is 2.34. The monoisotopic (exact) mass is 246 g/mol. The van der Waals surface area contributed by atoms with Gasteiger partial charge < -0.3 is 10.2 Å². The standard InChI is InChI=1S/C15H22N2O/c1-11(2)14-15(18)17(9-12(3)16-14)10-13-7-5-4-6-8-13/h4-8,11-12,14,16H,9-10H2,1-3H3/t12-,14+/m1/s1. The van der Waals surface area contributed by atoms with Crippen LogP contribution in [0.4, 0.5) is 0 Å². The van der Waals surface area contributed by atoms with Gasteiger partial charge in [-0.05, 0) is 18.4 Å². The summed E-state index contributed by atoms with van der Waals surface area (Å²) in [5.41, 5.74) is 1.20. The Morgan fingerprint density at radius 2 is 2.00 bits per heavy atom. The summed E-state index contributed by atoms with van der Waals surface area (Å²) in [7, 11) is 0. The van der Waals surface area contributed by atoms with Gasteiger partial charge in [-0.3, -0.25) is 4.79 Å². The molecule has 2 rings (SSSR count). The van der Waals surface area contributed by atoms with Crippen molar-refractivity contribution in [1.29, 1.82) is 0 Å². The molecule has 1 aliphatic rings. The Bertz CT molecular complexity index is 402. The number of carbonyl (C=O) groups excluding carboxylic acids is 1. The van der Waals surface area contributed by atoms with Crippen molar-refractivity contribution in [3.8, 4) is 0 Å². The molecule has 1 N–H and O–H groups in total. The van der Waals surface area contributed by atoms with Crippen LogP contribution in [0.2, 0.25) is 0 Å². The first-order chi connectivity index (χ1) is 8.58. The van der Waals surface area contributed by atoms with E-state index in [1.54, 1.807) is 0 Å². The number of nitrogens with zero attached hydrogens (tertiary/aromatic N) is 1. The van der Waals surface area contributed by atoms with Crippen molar-refractivity contribution in [3.63, 3.8) is 0 Å². The van der Waals surface area contributed by atoms with E-state index in [-0.39, 0.29) is 11.9 Å². The maximum atomic E-state index is 12.4. The van der Waals surface area contributed by atoms with Crippen LogP contribution < -0.4 is 5.32 Å². The quantitative estimate of drug-likeness (QED) is 0.885. The van der Waals surface area contributed by atoms with Gasteiger partial charge in [-0.25, -0.2) is 0 Å². The van der Waals surface area contributed by atoms with E-state index in [0.717, 1.165) is 13.1 Å². The van der Waals surface area contributed by atoms with E-state index in [1.807, 2.05) is 23.1 Å². The molecular weight excluding hydrogens is 224 g/mol. The predicted octanol–water partition coefficient (Wildman–Crippen LogP) is 2.03. The number of hydrogen-bond donors (Lipinski definition) is 1. The van der Waals surface area contributed by atoms with Gasteiger partial charge in [0.15, 0.2) is 0 Å². The lowest BCUT2D eigenvalue weighted by molar-refractivity contribution is -0.138. The third-order valence-electron chi connectivity index (χ3n) is 3.42. The van der Waals surface area contributed by atoms with Gasteiger partial charge >= 0.3 is 0 Å². The smallest absolute Gasteiger partial charge is 0.240 e. The van der Waals surface area contributed by atoms with Crippen molar-refractivity contribution < 1.29 is 4.79 Å². The first kappa shape index (κ1) is 13.1. The summed E-state index contributed by atoms with van der Waals surface area (Å²) in [6.45, 7) is 7.83. The zero-order valence-corrected chi connectivity index (χ0v) is 11.4. The number of carbonyl (C=O) groups is 1. The summed E-state index contributed by atoms with van der Waals surface area (Å²) in [6, 6.07) is 10.5. The minimum absolute atomic E-state index is 0.0440. The van der Waals surface area contributed by atoms with Crippen LogP contribution >= 0.6 is 0 Å². The van der Waals surface area contributed by atoms with E-state index in [9.17, 15) is 4.79 Å². The van der Waals surface area contributed by atoms with Crippen molar-refractivity contribution >= 4 is 5.91 Å². The highest BCUT2D eigenvalue weighted by Crippen LogP contribution is 2.15. The SMILES string of the molecule is CC(C)[C@@H]1N[C@H](C)CN(Cc2ccccc2)C1=O. The van der Waals surface area contributed by atoms with Crippen molar-refractivity contribution in [2.75, 3.05) is 6.54 Å². The molecule has 0 spiro atoms. The third kappa shape index (κ3) is 2.91. The van der Waals surface area contributed by atoms with Crippen LogP contribution in [-0.4, -0.2) is 29.4 Å². The van der Waals surface area contributed by atoms with Crippen molar-refractivity contribution in [3.05, 3.63) is 35.9 Å². The number of hydrogen-bond acceptors (Lipinski definition) is 2. The van der Waals surface area contributed by atoms with Gasteiger partial charge in [0.1, 0.15) is 0 Å². The van der Waals surface area contributed by atoms with Gasteiger partial charge in [-0.2, -0.15) is 0 Å². The molecule has 3 heteroatoms. The molecule has 0 unspecified atom stereocenters. The van der Waals surface area contributed by atoms with Crippen molar-refractivity contribution in [2.45, 2.75) is 39.4 Å². The van der Waals surface area contributed by atoms with Gasteiger partial charge in [0.25, 0.3) is 0 Å². The molecule has 3 nitrogen and oxygen atoms in total. The molecule has 2 atom stereocenters. The highest BCUT2D eigenvalue weighted by atomic mass is 16.2. The Morgan fingerprint density at radius 3 is 2.61 bits per heavy atom. The van der Waals surface area contributed by atoms with Crippen LogP contribution in [0.5, 0.6) is 0 Å². The lowest BCUT2D eigenvalue weighted by Gasteiger charge is -2.38. The van der Waals surface area contributed by atoms with Crippen LogP contribution in [0.3, 0.4) is 0 Å². The lowest BCUT2D eigenvalue weighted by atomic mass is 9.98. The van der Waals surface area contributed by atoms with Gasteiger partial charge in [-0.15, -0.1) is 0 Å². The Morgan fingerprint density at radius 1 is 1.33 bits per heavy atom. The molecule has 0 bridgehead atoms. The molecule has 0 radical (unpaired) electrons. The molecule has 1 amide bonds. The number of rotatable bonds is 3. The molecule has 18 heavy (non-hydrogen) atoms. The molecule has 1 aliphatic heterocycles. The highest BCUT2D eigenvalue weighted by Gasteiger charge is 2.33. The fourth-order valence-electron chi connectivity index (χ4n) is 2.47. The first-order valence-electron chi connectivity index (χ1n) is 6.66. The zero-order chi connectivity index (χ0) is 13.1. The van der Waals surface area contributed by atoms with Crippen molar-refractivity contribution in [1.82, 2.24) is 10.2 Å². The van der Waals surface area contributed by atoms with E-state index in [1.165, 1.54) is 5.56 Å². The van der Waals surface area contributed by atoms with Gasteiger partial charge in [0.05, 0.1) is 6.04 Å². The molecule has 98 valence electrons. The highest BCUT2D eigenvalue weighted by molar-refractivity contribution is 5.83.